The minimum absolute atomic E-state index is 0.0206. The van der Waals surface area contributed by atoms with Crippen molar-refractivity contribution in [2.75, 3.05) is 39.5 Å². The molecular formula is C14H20N2O6S. The Kier molecular flexibility index (Phi) is 5.80. The number of ether oxygens (including phenoxy) is 3. The van der Waals surface area contributed by atoms with Crippen molar-refractivity contribution in [2.45, 2.75) is 11.8 Å². The Labute approximate surface area is 135 Å². The van der Waals surface area contributed by atoms with Crippen molar-refractivity contribution in [2.24, 2.45) is 5.14 Å². The summed E-state index contributed by atoms with van der Waals surface area (Å²) >= 11 is 0. The number of nitrogens with two attached hydrogens (primary N) is 1. The van der Waals surface area contributed by atoms with Gasteiger partial charge in [0.15, 0.2) is 18.1 Å². The number of amides is 1. The van der Waals surface area contributed by atoms with Crippen LogP contribution in [0.4, 0.5) is 0 Å². The molecule has 0 spiro atoms. The van der Waals surface area contributed by atoms with Crippen molar-refractivity contribution < 1.29 is 27.4 Å². The van der Waals surface area contributed by atoms with E-state index >= 15 is 0 Å². The van der Waals surface area contributed by atoms with E-state index in [0.29, 0.717) is 26.3 Å². The number of benzene rings is 1. The van der Waals surface area contributed by atoms with Gasteiger partial charge in [-0.2, -0.15) is 0 Å². The third kappa shape index (κ3) is 4.57. The number of rotatable bonds is 6. The predicted molar refractivity (Wildman–Crippen MR) is 81.9 cm³/mol. The second kappa shape index (κ2) is 7.62. The van der Waals surface area contributed by atoms with Gasteiger partial charge < -0.3 is 19.1 Å². The molecule has 0 radical (unpaired) electrons. The molecule has 0 aromatic heterocycles. The normalized spacial score (nSPS) is 15.3. The topological polar surface area (TPSA) is 108 Å². The summed E-state index contributed by atoms with van der Waals surface area (Å²) in [4.78, 5) is 13.5. The minimum atomic E-state index is -3.95. The molecule has 0 aliphatic carbocycles. The van der Waals surface area contributed by atoms with Gasteiger partial charge in [0.1, 0.15) is 4.90 Å². The lowest BCUT2D eigenvalue weighted by Crippen LogP contribution is -2.43. The molecule has 23 heavy (non-hydrogen) atoms. The first-order valence-corrected chi connectivity index (χ1v) is 8.75. The average Bonchev–Trinajstić information content (AvgIpc) is 2.53. The lowest BCUT2D eigenvalue weighted by molar-refractivity contribution is -0.137. The van der Waals surface area contributed by atoms with Crippen LogP contribution in [-0.4, -0.2) is 58.7 Å². The molecular weight excluding hydrogens is 324 g/mol. The zero-order valence-electron chi connectivity index (χ0n) is 12.9. The van der Waals surface area contributed by atoms with E-state index in [-0.39, 0.29) is 35.5 Å². The van der Waals surface area contributed by atoms with Gasteiger partial charge in [-0.15, -0.1) is 0 Å². The zero-order valence-corrected chi connectivity index (χ0v) is 13.7. The van der Waals surface area contributed by atoms with Gasteiger partial charge in [0.2, 0.25) is 10.0 Å². The van der Waals surface area contributed by atoms with Crippen LogP contribution in [0.3, 0.4) is 0 Å². The number of para-hydroxylation sites is 1. The van der Waals surface area contributed by atoms with E-state index in [1.807, 2.05) is 0 Å². The molecule has 0 unspecified atom stereocenters. The molecule has 1 fully saturated rings. The number of sulfonamides is 1. The number of morpholine rings is 1. The molecule has 9 heteroatoms. The fourth-order valence-corrected chi connectivity index (χ4v) is 2.85. The molecule has 1 amide bonds. The number of carbonyl (C=O) groups excluding carboxylic acids is 1. The summed E-state index contributed by atoms with van der Waals surface area (Å²) in [6.07, 6.45) is 0. The SMILES string of the molecule is CCOc1c(OCC(=O)N2CCOCC2)cccc1S(N)(=O)=O. The molecule has 1 saturated heterocycles. The van der Waals surface area contributed by atoms with E-state index in [1.165, 1.54) is 18.2 Å². The highest BCUT2D eigenvalue weighted by atomic mass is 32.2. The quantitative estimate of drug-likeness (QED) is 0.776. The van der Waals surface area contributed by atoms with Crippen LogP contribution in [0.25, 0.3) is 0 Å². The van der Waals surface area contributed by atoms with Gasteiger partial charge in [0.05, 0.1) is 19.8 Å². The molecule has 2 N–H and O–H groups in total. The summed E-state index contributed by atoms with van der Waals surface area (Å²) in [6.45, 7) is 3.75. The zero-order chi connectivity index (χ0) is 16.9. The third-order valence-corrected chi connectivity index (χ3v) is 4.19. The van der Waals surface area contributed by atoms with E-state index in [2.05, 4.69) is 0 Å². The monoisotopic (exact) mass is 344 g/mol. The summed E-state index contributed by atoms with van der Waals surface area (Å²) in [5.41, 5.74) is 0. The van der Waals surface area contributed by atoms with Crippen molar-refractivity contribution in [3.05, 3.63) is 18.2 Å². The minimum Gasteiger partial charge on any atom is -0.489 e. The van der Waals surface area contributed by atoms with Gasteiger partial charge in [-0.25, -0.2) is 13.6 Å². The fraction of sp³-hybridized carbons (Fsp3) is 0.500. The van der Waals surface area contributed by atoms with Gasteiger partial charge in [0.25, 0.3) is 5.91 Å². The maximum absolute atomic E-state index is 12.1. The highest BCUT2D eigenvalue weighted by Crippen LogP contribution is 2.33. The summed E-state index contributed by atoms with van der Waals surface area (Å²) in [5, 5.41) is 5.18. The molecule has 1 aliphatic heterocycles. The highest BCUT2D eigenvalue weighted by Gasteiger charge is 2.22. The number of hydrogen-bond acceptors (Lipinski definition) is 6. The second-order valence-electron chi connectivity index (χ2n) is 4.84. The Morgan fingerprint density at radius 2 is 2.00 bits per heavy atom. The van der Waals surface area contributed by atoms with Crippen LogP contribution >= 0.6 is 0 Å². The molecule has 8 nitrogen and oxygen atoms in total. The van der Waals surface area contributed by atoms with E-state index in [9.17, 15) is 13.2 Å². The van der Waals surface area contributed by atoms with Crippen LogP contribution in [0.1, 0.15) is 6.92 Å². The summed E-state index contributed by atoms with van der Waals surface area (Å²) in [5.74, 6) is -0.0102. The van der Waals surface area contributed by atoms with Crippen molar-refractivity contribution in [1.29, 1.82) is 0 Å². The molecule has 2 rings (SSSR count). The molecule has 1 aliphatic rings. The van der Waals surface area contributed by atoms with Crippen molar-refractivity contribution in [3.8, 4) is 11.5 Å². The summed E-state index contributed by atoms with van der Waals surface area (Å²) < 4.78 is 39.2. The Hall–Kier alpha value is -1.84. The lowest BCUT2D eigenvalue weighted by Gasteiger charge is -2.26. The van der Waals surface area contributed by atoms with Gasteiger partial charge in [-0.1, -0.05) is 6.07 Å². The van der Waals surface area contributed by atoms with Crippen LogP contribution in [0.15, 0.2) is 23.1 Å². The molecule has 128 valence electrons. The number of carbonyl (C=O) groups is 1. The van der Waals surface area contributed by atoms with Crippen molar-refractivity contribution >= 4 is 15.9 Å². The van der Waals surface area contributed by atoms with Crippen LogP contribution in [0.5, 0.6) is 11.5 Å². The number of primary sulfonamides is 1. The first-order chi connectivity index (χ1) is 10.9. The highest BCUT2D eigenvalue weighted by molar-refractivity contribution is 7.89. The molecule has 1 heterocycles. The van der Waals surface area contributed by atoms with Gasteiger partial charge in [-0.3, -0.25) is 4.79 Å². The molecule has 1 aromatic carbocycles. The first kappa shape index (κ1) is 17.5. The number of hydrogen-bond donors (Lipinski definition) is 1. The smallest absolute Gasteiger partial charge is 0.260 e. The van der Waals surface area contributed by atoms with Gasteiger partial charge in [-0.05, 0) is 19.1 Å². The second-order valence-corrected chi connectivity index (χ2v) is 6.37. The van der Waals surface area contributed by atoms with E-state index in [1.54, 1.807) is 11.8 Å². The molecule has 0 saturated carbocycles. The van der Waals surface area contributed by atoms with Gasteiger partial charge in [0, 0.05) is 13.1 Å². The number of nitrogens with zero attached hydrogens (tertiary/aromatic N) is 1. The Morgan fingerprint density at radius 3 is 2.61 bits per heavy atom. The predicted octanol–water partition coefficient (Wildman–Crippen LogP) is -0.0297. The van der Waals surface area contributed by atoms with Crippen LogP contribution in [0, 0.1) is 0 Å². The molecule has 1 aromatic rings. The molecule has 0 bridgehead atoms. The van der Waals surface area contributed by atoms with Crippen LogP contribution in [-0.2, 0) is 19.6 Å². The van der Waals surface area contributed by atoms with E-state index < -0.39 is 10.0 Å². The Balaban J connectivity index is 2.14. The molecule has 0 atom stereocenters. The van der Waals surface area contributed by atoms with Gasteiger partial charge >= 0.3 is 0 Å². The Bertz CT molecular complexity index is 655. The largest absolute Gasteiger partial charge is 0.489 e. The summed E-state index contributed by atoms with van der Waals surface area (Å²) in [7, 11) is -3.95. The van der Waals surface area contributed by atoms with Crippen LogP contribution < -0.4 is 14.6 Å². The maximum atomic E-state index is 12.1. The third-order valence-electron chi connectivity index (χ3n) is 3.25. The van der Waals surface area contributed by atoms with E-state index in [4.69, 9.17) is 19.3 Å². The van der Waals surface area contributed by atoms with E-state index in [0.717, 1.165) is 0 Å². The average molecular weight is 344 g/mol. The first-order valence-electron chi connectivity index (χ1n) is 7.20. The van der Waals surface area contributed by atoms with Crippen molar-refractivity contribution in [1.82, 2.24) is 4.90 Å². The standard InChI is InChI=1S/C14H20N2O6S/c1-2-21-14-11(4-3-5-12(14)23(15,18)19)22-10-13(17)16-6-8-20-9-7-16/h3-5H,2,6-10H2,1H3,(H2,15,18,19). The van der Waals surface area contributed by atoms with Crippen LogP contribution in [0.2, 0.25) is 0 Å². The maximum Gasteiger partial charge on any atom is 0.260 e. The lowest BCUT2D eigenvalue weighted by atomic mass is 10.3. The fourth-order valence-electron chi connectivity index (χ4n) is 2.16. The summed E-state index contributed by atoms with van der Waals surface area (Å²) in [6, 6.07) is 4.35. The Morgan fingerprint density at radius 1 is 1.30 bits per heavy atom. The van der Waals surface area contributed by atoms with Crippen molar-refractivity contribution in [3.63, 3.8) is 0 Å².